The molecule has 0 saturated heterocycles. The molecule has 3 rings (SSSR count). The number of rotatable bonds is 10. The van der Waals surface area contributed by atoms with Crippen molar-refractivity contribution in [2.45, 2.75) is 46.1 Å². The number of aromatic nitrogens is 2. The number of unbranched alkanes of at least 4 members (excludes halogenated alkanes) is 1. The van der Waals surface area contributed by atoms with Gasteiger partial charge in [0.1, 0.15) is 5.82 Å². The molecule has 34 heavy (non-hydrogen) atoms. The Balaban J connectivity index is 2.07. The highest BCUT2D eigenvalue weighted by molar-refractivity contribution is 9.10. The average molecular weight is 595 g/mol. The molecule has 0 radical (unpaired) electrons. The van der Waals surface area contributed by atoms with E-state index in [-0.39, 0.29) is 5.56 Å². The second kappa shape index (κ2) is 11.6. The maximum Gasteiger partial charge on any atom is 0.344 e. The lowest BCUT2D eigenvalue weighted by molar-refractivity contribution is -0.144. The molecule has 0 saturated carbocycles. The monoisotopic (exact) mass is 593 g/mol. The molecular weight excluding hydrogens is 570 g/mol. The standard InChI is InChI=1S/C24H25Br2N3O5/c1-4-6-7-22-28-19-9-8-16(25)11-17(19)23(30)29(22)27-13-15-10-20(33-5-2)21(12-18(15)26)34-14(3)24(31)32/h8-14H,4-7H2,1-3H3,(H,31,32)/t14-/m0/s1. The first kappa shape index (κ1) is 25.9. The zero-order valence-electron chi connectivity index (χ0n) is 19.0. The van der Waals surface area contributed by atoms with E-state index in [1.807, 2.05) is 19.1 Å². The number of halogens is 2. The molecule has 0 spiro atoms. The van der Waals surface area contributed by atoms with Crippen LogP contribution in [0.1, 0.15) is 45.0 Å². The second-order valence-electron chi connectivity index (χ2n) is 7.51. The first-order chi connectivity index (χ1) is 16.2. The summed E-state index contributed by atoms with van der Waals surface area (Å²) in [7, 11) is 0. The van der Waals surface area contributed by atoms with E-state index < -0.39 is 12.1 Å². The molecule has 0 bridgehead atoms. The fourth-order valence-corrected chi connectivity index (χ4v) is 3.97. The number of hydrogen-bond acceptors (Lipinski definition) is 6. The fourth-order valence-electron chi connectivity index (χ4n) is 3.18. The Morgan fingerprint density at radius 3 is 2.68 bits per heavy atom. The zero-order chi connectivity index (χ0) is 24.8. The Morgan fingerprint density at radius 2 is 2.00 bits per heavy atom. The van der Waals surface area contributed by atoms with Crippen LogP contribution in [0.5, 0.6) is 11.5 Å². The minimum Gasteiger partial charge on any atom is -0.490 e. The van der Waals surface area contributed by atoms with E-state index in [4.69, 9.17) is 14.6 Å². The molecule has 0 amide bonds. The first-order valence-corrected chi connectivity index (χ1v) is 12.4. The zero-order valence-corrected chi connectivity index (χ0v) is 22.2. The summed E-state index contributed by atoms with van der Waals surface area (Å²) in [6, 6.07) is 8.71. The van der Waals surface area contributed by atoms with E-state index in [1.165, 1.54) is 11.6 Å². The smallest absolute Gasteiger partial charge is 0.344 e. The normalized spacial score (nSPS) is 12.3. The Kier molecular flexibility index (Phi) is 8.84. The van der Waals surface area contributed by atoms with E-state index in [0.29, 0.717) is 51.3 Å². The summed E-state index contributed by atoms with van der Waals surface area (Å²) < 4.78 is 13.9. The largest absolute Gasteiger partial charge is 0.490 e. The van der Waals surface area contributed by atoms with Crippen molar-refractivity contribution in [3.63, 3.8) is 0 Å². The van der Waals surface area contributed by atoms with Crippen molar-refractivity contribution in [1.29, 1.82) is 0 Å². The summed E-state index contributed by atoms with van der Waals surface area (Å²) in [6.07, 6.45) is 2.93. The van der Waals surface area contributed by atoms with Gasteiger partial charge in [0.15, 0.2) is 17.6 Å². The van der Waals surface area contributed by atoms with Crippen LogP contribution in [0.4, 0.5) is 0 Å². The molecule has 1 heterocycles. The van der Waals surface area contributed by atoms with Gasteiger partial charge >= 0.3 is 5.97 Å². The van der Waals surface area contributed by atoms with Gasteiger partial charge in [-0.15, -0.1) is 0 Å². The van der Waals surface area contributed by atoms with Crippen LogP contribution >= 0.6 is 31.9 Å². The van der Waals surface area contributed by atoms with Crippen molar-refractivity contribution in [2.75, 3.05) is 6.61 Å². The van der Waals surface area contributed by atoms with Crippen LogP contribution in [0, 0.1) is 0 Å². The number of carboxylic acid groups (broad SMARTS) is 1. The summed E-state index contributed by atoms with van der Waals surface area (Å²) in [5.74, 6) is 0.158. The van der Waals surface area contributed by atoms with Crippen LogP contribution in [-0.4, -0.2) is 39.7 Å². The third kappa shape index (κ3) is 6.04. The van der Waals surface area contributed by atoms with Gasteiger partial charge in [0, 0.05) is 20.9 Å². The van der Waals surface area contributed by atoms with Gasteiger partial charge in [-0.3, -0.25) is 4.79 Å². The molecule has 1 N–H and O–H groups in total. The summed E-state index contributed by atoms with van der Waals surface area (Å²) in [6.45, 7) is 5.69. The van der Waals surface area contributed by atoms with Crippen LogP contribution in [0.3, 0.4) is 0 Å². The SMILES string of the molecule is CCCCc1nc2ccc(Br)cc2c(=O)n1N=Cc1cc(OCC)c(O[C@@H](C)C(=O)O)cc1Br. The van der Waals surface area contributed by atoms with Crippen LogP contribution in [0.2, 0.25) is 0 Å². The maximum atomic E-state index is 13.3. The Bertz CT molecular complexity index is 1290. The van der Waals surface area contributed by atoms with Crippen LogP contribution in [0.25, 0.3) is 10.9 Å². The number of benzene rings is 2. The molecular formula is C24H25Br2N3O5. The van der Waals surface area contributed by atoms with Gasteiger partial charge in [-0.05, 0) is 66.5 Å². The van der Waals surface area contributed by atoms with Gasteiger partial charge in [-0.25, -0.2) is 9.78 Å². The lowest BCUT2D eigenvalue weighted by Crippen LogP contribution is -2.23. The Hall–Kier alpha value is -2.72. The lowest BCUT2D eigenvalue weighted by atomic mass is 10.2. The number of aryl methyl sites for hydroxylation is 1. The van der Waals surface area contributed by atoms with Gasteiger partial charge in [0.2, 0.25) is 0 Å². The highest BCUT2D eigenvalue weighted by Crippen LogP contribution is 2.34. The van der Waals surface area contributed by atoms with Gasteiger partial charge in [0.05, 0.1) is 23.7 Å². The van der Waals surface area contributed by atoms with Gasteiger partial charge < -0.3 is 14.6 Å². The van der Waals surface area contributed by atoms with Crippen molar-refractivity contribution in [3.8, 4) is 11.5 Å². The quantitative estimate of drug-likeness (QED) is 0.315. The van der Waals surface area contributed by atoms with Crippen molar-refractivity contribution in [3.05, 3.63) is 61.0 Å². The van der Waals surface area contributed by atoms with Crippen molar-refractivity contribution < 1.29 is 19.4 Å². The molecule has 10 heteroatoms. The van der Waals surface area contributed by atoms with Crippen molar-refractivity contribution >= 4 is 54.9 Å². The van der Waals surface area contributed by atoms with Gasteiger partial charge in [-0.2, -0.15) is 9.78 Å². The number of carboxylic acids is 1. The first-order valence-electron chi connectivity index (χ1n) is 10.9. The lowest BCUT2D eigenvalue weighted by Gasteiger charge is -2.16. The number of aliphatic carboxylic acids is 1. The third-order valence-electron chi connectivity index (χ3n) is 4.96. The third-order valence-corrected chi connectivity index (χ3v) is 6.14. The maximum absolute atomic E-state index is 13.3. The Labute approximate surface area is 213 Å². The van der Waals surface area contributed by atoms with Crippen LogP contribution < -0.4 is 15.0 Å². The predicted octanol–water partition coefficient (Wildman–Crippen LogP) is 5.40. The highest BCUT2D eigenvalue weighted by atomic mass is 79.9. The van der Waals surface area contributed by atoms with E-state index in [0.717, 1.165) is 17.3 Å². The van der Waals surface area contributed by atoms with E-state index in [9.17, 15) is 9.59 Å². The van der Waals surface area contributed by atoms with E-state index in [1.54, 1.807) is 24.4 Å². The molecule has 0 aliphatic carbocycles. The molecule has 8 nitrogen and oxygen atoms in total. The highest BCUT2D eigenvalue weighted by Gasteiger charge is 2.18. The summed E-state index contributed by atoms with van der Waals surface area (Å²) in [5.41, 5.74) is 0.992. The molecule has 0 unspecified atom stereocenters. The van der Waals surface area contributed by atoms with E-state index in [2.05, 4.69) is 48.9 Å². The second-order valence-corrected chi connectivity index (χ2v) is 9.28. The summed E-state index contributed by atoms with van der Waals surface area (Å²) in [4.78, 5) is 29.1. The van der Waals surface area contributed by atoms with Crippen molar-refractivity contribution in [1.82, 2.24) is 9.66 Å². The fraction of sp³-hybridized carbons (Fsp3) is 0.333. The van der Waals surface area contributed by atoms with Crippen LogP contribution in [0.15, 0.2) is 49.2 Å². The molecule has 0 aliphatic heterocycles. The molecule has 1 atom stereocenters. The number of hydrogen-bond donors (Lipinski definition) is 1. The molecule has 2 aromatic carbocycles. The number of nitrogens with zero attached hydrogens (tertiary/aromatic N) is 3. The summed E-state index contributed by atoms with van der Waals surface area (Å²) >= 11 is 6.89. The number of ether oxygens (including phenoxy) is 2. The van der Waals surface area contributed by atoms with Crippen molar-refractivity contribution in [2.24, 2.45) is 5.10 Å². The Morgan fingerprint density at radius 1 is 1.24 bits per heavy atom. The molecule has 0 aliphatic rings. The number of fused-ring (bicyclic) bond motifs is 1. The summed E-state index contributed by atoms with van der Waals surface area (Å²) in [5, 5.41) is 14.1. The minimum atomic E-state index is -1.08. The topological polar surface area (TPSA) is 103 Å². The molecule has 0 fully saturated rings. The van der Waals surface area contributed by atoms with E-state index >= 15 is 0 Å². The van der Waals surface area contributed by atoms with Gasteiger partial charge in [-0.1, -0.05) is 29.3 Å². The van der Waals surface area contributed by atoms with Gasteiger partial charge in [0.25, 0.3) is 5.56 Å². The molecule has 180 valence electrons. The average Bonchev–Trinajstić information content (AvgIpc) is 2.80. The number of carbonyl (C=O) groups is 1. The molecule has 1 aromatic heterocycles. The van der Waals surface area contributed by atoms with Crippen LogP contribution in [-0.2, 0) is 11.2 Å². The predicted molar refractivity (Wildman–Crippen MR) is 138 cm³/mol. The molecule has 3 aromatic rings. The minimum absolute atomic E-state index is 0.259.